The monoisotopic (exact) mass is 516 g/mol. The minimum atomic E-state index is -0.816. The number of hydrogen-bond acceptors (Lipinski definition) is 7. The van der Waals surface area contributed by atoms with Crippen molar-refractivity contribution in [2.45, 2.75) is 45.4 Å². The van der Waals surface area contributed by atoms with Gasteiger partial charge in [-0.25, -0.2) is 14.2 Å². The van der Waals surface area contributed by atoms with Crippen LogP contribution in [-0.4, -0.2) is 39.7 Å². The van der Waals surface area contributed by atoms with Gasteiger partial charge < -0.3 is 20.5 Å². The van der Waals surface area contributed by atoms with Crippen LogP contribution in [0.15, 0.2) is 76.7 Å². The molecule has 0 amide bonds. The maximum atomic E-state index is 13.4. The summed E-state index contributed by atoms with van der Waals surface area (Å²) >= 11 is 0. The Labute approximate surface area is 221 Å². The van der Waals surface area contributed by atoms with Crippen molar-refractivity contribution < 1.29 is 19.4 Å². The van der Waals surface area contributed by atoms with E-state index < -0.39 is 23.5 Å². The van der Waals surface area contributed by atoms with E-state index in [-0.39, 0.29) is 13.0 Å². The normalized spacial score (nSPS) is 14.4. The third-order valence-corrected chi connectivity index (χ3v) is 6.42. The molecule has 0 fully saturated rings. The highest BCUT2D eigenvalue weighted by atomic mass is 16.5. The standard InChI is InChI=1S/C29H32N4O5/c1-3-38-28(36)23-19(2)31-27-25(24(23)20-13-7-4-8-14-20)26(30-18-12-6-11-17-22(34)35)32-29(37)33(27)21-15-9-5-10-16-21/h4-5,7-10,13-16,24,31H,3,6,11-12,17-18H2,1-2H3,(H,34,35)(H,30,32,37). The third-order valence-electron chi connectivity index (χ3n) is 6.42. The van der Waals surface area contributed by atoms with E-state index in [0.717, 1.165) is 12.0 Å². The molecule has 198 valence electrons. The number of carbonyl (C=O) groups excluding carboxylic acids is 1. The first-order chi connectivity index (χ1) is 18.4. The second-order valence-electron chi connectivity index (χ2n) is 9.04. The summed E-state index contributed by atoms with van der Waals surface area (Å²) in [6.45, 7) is 4.29. The van der Waals surface area contributed by atoms with Crippen molar-refractivity contribution in [2.75, 3.05) is 23.8 Å². The lowest BCUT2D eigenvalue weighted by Crippen LogP contribution is -2.33. The van der Waals surface area contributed by atoms with Crippen LogP contribution in [0.5, 0.6) is 0 Å². The Morgan fingerprint density at radius 3 is 2.39 bits per heavy atom. The Hall–Kier alpha value is -4.40. The predicted molar refractivity (Wildman–Crippen MR) is 146 cm³/mol. The van der Waals surface area contributed by atoms with E-state index >= 15 is 0 Å². The van der Waals surface area contributed by atoms with Crippen molar-refractivity contribution in [1.29, 1.82) is 0 Å². The number of nitrogens with one attached hydrogen (secondary N) is 2. The number of allylic oxidation sites excluding steroid dienone is 1. The predicted octanol–water partition coefficient (Wildman–Crippen LogP) is 4.68. The van der Waals surface area contributed by atoms with Crippen LogP contribution < -0.4 is 16.3 Å². The second-order valence-corrected chi connectivity index (χ2v) is 9.04. The number of carboxylic acid groups (broad SMARTS) is 1. The Morgan fingerprint density at radius 2 is 1.74 bits per heavy atom. The molecule has 2 aromatic carbocycles. The van der Waals surface area contributed by atoms with E-state index in [1.165, 1.54) is 4.57 Å². The van der Waals surface area contributed by atoms with Crippen LogP contribution in [-0.2, 0) is 14.3 Å². The first-order valence-corrected chi connectivity index (χ1v) is 12.8. The summed E-state index contributed by atoms with van der Waals surface area (Å²) in [7, 11) is 0. The number of nitrogens with zero attached hydrogens (tertiary/aromatic N) is 2. The highest BCUT2D eigenvalue weighted by Gasteiger charge is 2.37. The van der Waals surface area contributed by atoms with Gasteiger partial charge in [0.1, 0.15) is 11.6 Å². The number of carbonyl (C=O) groups is 2. The lowest BCUT2D eigenvalue weighted by molar-refractivity contribution is -0.139. The quantitative estimate of drug-likeness (QED) is 0.248. The summed E-state index contributed by atoms with van der Waals surface area (Å²) in [4.78, 5) is 41.9. The van der Waals surface area contributed by atoms with Gasteiger partial charge in [0.05, 0.1) is 23.8 Å². The zero-order chi connectivity index (χ0) is 27.1. The fourth-order valence-electron chi connectivity index (χ4n) is 4.73. The molecule has 0 aliphatic carbocycles. The molecule has 0 saturated heterocycles. The van der Waals surface area contributed by atoms with E-state index in [0.29, 0.717) is 53.5 Å². The van der Waals surface area contributed by atoms with Gasteiger partial charge in [-0.3, -0.25) is 4.79 Å². The molecule has 1 atom stereocenters. The molecular formula is C29H32N4O5. The third kappa shape index (κ3) is 5.77. The van der Waals surface area contributed by atoms with E-state index in [9.17, 15) is 14.4 Å². The molecule has 1 aliphatic heterocycles. The van der Waals surface area contributed by atoms with Crippen LogP contribution in [0.25, 0.3) is 5.69 Å². The zero-order valence-electron chi connectivity index (χ0n) is 21.6. The molecule has 9 nitrogen and oxygen atoms in total. The summed E-state index contributed by atoms with van der Waals surface area (Å²) in [5.74, 6) is -0.878. The SMILES string of the molecule is CCOC(=O)C1=C(C)Nc2c(c(NCCCCCC(=O)O)nc(=O)n2-c2ccccc2)C1c1ccccc1. The molecule has 2 heterocycles. The fraction of sp³-hybridized carbons (Fsp3) is 0.310. The number of hydrogen-bond donors (Lipinski definition) is 3. The van der Waals surface area contributed by atoms with Gasteiger partial charge in [0.25, 0.3) is 0 Å². The molecule has 0 spiro atoms. The number of para-hydroxylation sites is 1. The second kappa shape index (κ2) is 12.2. The average molecular weight is 517 g/mol. The van der Waals surface area contributed by atoms with E-state index in [2.05, 4.69) is 15.6 Å². The molecular weight excluding hydrogens is 484 g/mol. The van der Waals surface area contributed by atoms with Crippen LogP contribution in [0.4, 0.5) is 11.6 Å². The van der Waals surface area contributed by atoms with Crippen LogP contribution in [0.2, 0.25) is 0 Å². The number of ether oxygens (including phenoxy) is 1. The Balaban J connectivity index is 1.86. The van der Waals surface area contributed by atoms with Crippen molar-refractivity contribution in [1.82, 2.24) is 9.55 Å². The van der Waals surface area contributed by atoms with Crippen molar-refractivity contribution >= 4 is 23.6 Å². The van der Waals surface area contributed by atoms with Gasteiger partial charge in [-0.2, -0.15) is 4.98 Å². The molecule has 3 N–H and O–H groups in total. The van der Waals surface area contributed by atoms with Crippen molar-refractivity contribution in [3.05, 3.63) is 93.5 Å². The minimum absolute atomic E-state index is 0.119. The van der Waals surface area contributed by atoms with Crippen LogP contribution in [0, 0.1) is 0 Å². The summed E-state index contributed by atoms with van der Waals surface area (Å²) < 4.78 is 6.97. The molecule has 1 aliphatic rings. The van der Waals surface area contributed by atoms with Crippen LogP contribution in [0.1, 0.15) is 56.6 Å². The molecule has 38 heavy (non-hydrogen) atoms. The minimum Gasteiger partial charge on any atom is -0.481 e. The van der Waals surface area contributed by atoms with E-state index in [1.54, 1.807) is 13.8 Å². The van der Waals surface area contributed by atoms with Gasteiger partial charge in [-0.15, -0.1) is 0 Å². The first kappa shape index (κ1) is 26.7. The lowest BCUT2D eigenvalue weighted by atomic mass is 9.81. The Kier molecular flexibility index (Phi) is 8.58. The molecule has 0 saturated carbocycles. The molecule has 1 unspecified atom stereocenters. The number of aromatic nitrogens is 2. The van der Waals surface area contributed by atoms with Gasteiger partial charge in [-0.1, -0.05) is 55.0 Å². The number of esters is 1. The zero-order valence-corrected chi connectivity index (χ0v) is 21.6. The number of rotatable bonds is 11. The number of unbranched alkanes of at least 4 members (excludes halogenated alkanes) is 2. The van der Waals surface area contributed by atoms with Gasteiger partial charge in [0.15, 0.2) is 0 Å². The number of benzene rings is 2. The fourth-order valence-corrected chi connectivity index (χ4v) is 4.73. The topological polar surface area (TPSA) is 123 Å². The van der Waals surface area contributed by atoms with Gasteiger partial charge in [-0.05, 0) is 44.4 Å². The maximum Gasteiger partial charge on any atom is 0.355 e. The highest BCUT2D eigenvalue weighted by Crippen LogP contribution is 2.45. The Bertz CT molecular complexity index is 1380. The maximum absolute atomic E-state index is 13.4. The summed E-state index contributed by atoms with van der Waals surface area (Å²) in [6.07, 6.45) is 2.11. The van der Waals surface area contributed by atoms with Crippen LogP contribution >= 0.6 is 0 Å². The van der Waals surface area contributed by atoms with Gasteiger partial charge in [0, 0.05) is 24.2 Å². The molecule has 0 bridgehead atoms. The number of anilines is 2. The number of fused-ring (bicyclic) bond motifs is 1. The smallest absolute Gasteiger partial charge is 0.355 e. The molecule has 4 rings (SSSR count). The summed E-state index contributed by atoms with van der Waals surface area (Å²) in [6, 6.07) is 18.8. The molecule has 9 heteroatoms. The largest absolute Gasteiger partial charge is 0.481 e. The van der Waals surface area contributed by atoms with E-state index in [4.69, 9.17) is 9.84 Å². The molecule has 0 radical (unpaired) electrons. The highest BCUT2D eigenvalue weighted by molar-refractivity contribution is 5.95. The number of carboxylic acids is 1. The summed E-state index contributed by atoms with van der Waals surface area (Å²) in [5.41, 5.74) is 2.76. The Morgan fingerprint density at radius 1 is 1.05 bits per heavy atom. The van der Waals surface area contributed by atoms with Crippen molar-refractivity contribution in [3.8, 4) is 5.69 Å². The lowest BCUT2D eigenvalue weighted by Gasteiger charge is -2.33. The van der Waals surface area contributed by atoms with Crippen molar-refractivity contribution in [3.63, 3.8) is 0 Å². The first-order valence-electron chi connectivity index (χ1n) is 12.8. The number of aliphatic carboxylic acids is 1. The van der Waals surface area contributed by atoms with Crippen LogP contribution in [0.3, 0.4) is 0 Å². The van der Waals surface area contributed by atoms with Gasteiger partial charge in [0.2, 0.25) is 0 Å². The van der Waals surface area contributed by atoms with Crippen molar-refractivity contribution in [2.24, 2.45) is 0 Å². The molecule has 1 aromatic heterocycles. The van der Waals surface area contributed by atoms with E-state index in [1.807, 2.05) is 60.7 Å². The summed E-state index contributed by atoms with van der Waals surface area (Å²) in [5, 5.41) is 15.5. The molecule has 3 aromatic rings. The average Bonchev–Trinajstić information content (AvgIpc) is 2.90. The van der Waals surface area contributed by atoms with Gasteiger partial charge >= 0.3 is 17.6 Å².